The molecule has 1 amide bonds. The Labute approximate surface area is 167 Å². The van der Waals surface area contributed by atoms with Crippen LogP contribution in [0.1, 0.15) is 43.6 Å². The Balaban J connectivity index is 1.86. The van der Waals surface area contributed by atoms with Crippen LogP contribution in [0.3, 0.4) is 0 Å². The lowest BCUT2D eigenvalue weighted by molar-refractivity contribution is 0.0696. The van der Waals surface area contributed by atoms with Crippen LogP contribution in [0.2, 0.25) is 0 Å². The maximum absolute atomic E-state index is 12.7. The van der Waals surface area contributed by atoms with Crippen LogP contribution in [0.5, 0.6) is 5.75 Å². The van der Waals surface area contributed by atoms with Gasteiger partial charge in [0.05, 0.1) is 11.3 Å². The van der Waals surface area contributed by atoms with Crippen LogP contribution in [-0.4, -0.2) is 22.8 Å². The molecule has 3 aromatic rings. The predicted octanol–water partition coefficient (Wildman–Crippen LogP) is 4.42. The third-order valence-corrected chi connectivity index (χ3v) is 4.24. The van der Waals surface area contributed by atoms with E-state index < -0.39 is 11.9 Å². The maximum Gasteiger partial charge on any atom is 0.335 e. The van der Waals surface area contributed by atoms with Gasteiger partial charge in [0.2, 0.25) is 0 Å². The zero-order chi connectivity index (χ0) is 20.8. The molecule has 0 bridgehead atoms. The molecule has 0 fully saturated rings. The summed E-state index contributed by atoms with van der Waals surface area (Å²) in [5.74, 6) is -1.37. The Hall–Kier alpha value is -3.93. The van der Waals surface area contributed by atoms with Crippen LogP contribution in [0.4, 0.5) is 5.69 Å². The summed E-state index contributed by atoms with van der Waals surface area (Å²) in [5, 5.41) is 11.8. The molecule has 0 spiro atoms. The Morgan fingerprint density at radius 2 is 1.59 bits per heavy atom. The highest BCUT2D eigenvalue weighted by Gasteiger charge is 2.14. The van der Waals surface area contributed by atoms with Crippen LogP contribution in [-0.2, 0) is 6.61 Å². The van der Waals surface area contributed by atoms with E-state index in [1.807, 2.05) is 30.3 Å². The summed E-state index contributed by atoms with van der Waals surface area (Å²) >= 11 is 0. The topological polar surface area (TPSA) is 92.7 Å². The number of Topliss-reactive ketones (excluding diaryl/α,β-unsaturated/α-hetero) is 1. The number of rotatable bonds is 7. The molecule has 6 heteroatoms. The molecule has 0 saturated carbocycles. The van der Waals surface area contributed by atoms with Crippen molar-refractivity contribution in [1.82, 2.24) is 0 Å². The van der Waals surface area contributed by atoms with Crippen molar-refractivity contribution in [3.05, 3.63) is 95.1 Å². The number of amides is 1. The molecule has 3 aromatic carbocycles. The lowest BCUT2D eigenvalue weighted by Crippen LogP contribution is -2.14. The van der Waals surface area contributed by atoms with E-state index in [1.165, 1.54) is 31.2 Å². The third-order valence-electron chi connectivity index (χ3n) is 4.24. The molecule has 6 nitrogen and oxygen atoms in total. The monoisotopic (exact) mass is 389 g/mol. The van der Waals surface area contributed by atoms with E-state index in [2.05, 4.69) is 5.32 Å². The number of carboxylic acid groups (broad SMARTS) is 1. The molecule has 0 atom stereocenters. The van der Waals surface area contributed by atoms with Gasteiger partial charge in [0.15, 0.2) is 5.78 Å². The zero-order valence-corrected chi connectivity index (χ0v) is 15.7. The Bertz CT molecular complexity index is 1060. The second-order valence-corrected chi connectivity index (χ2v) is 6.38. The normalized spacial score (nSPS) is 10.2. The minimum atomic E-state index is -1.12. The van der Waals surface area contributed by atoms with Gasteiger partial charge in [-0.3, -0.25) is 9.59 Å². The van der Waals surface area contributed by atoms with Crippen LogP contribution < -0.4 is 10.1 Å². The minimum absolute atomic E-state index is 0.00990. The molecule has 0 saturated heterocycles. The number of ether oxygens (including phenoxy) is 1. The quantitative estimate of drug-likeness (QED) is 0.584. The third kappa shape index (κ3) is 5.07. The molecule has 0 unspecified atom stereocenters. The molecule has 3 rings (SSSR count). The fraction of sp³-hybridized carbons (Fsp3) is 0.0870. The summed E-state index contributed by atoms with van der Waals surface area (Å²) in [7, 11) is 0. The molecule has 0 aromatic heterocycles. The van der Waals surface area contributed by atoms with Crippen molar-refractivity contribution in [3.8, 4) is 5.75 Å². The van der Waals surface area contributed by atoms with E-state index in [9.17, 15) is 14.4 Å². The molecule has 29 heavy (non-hydrogen) atoms. The maximum atomic E-state index is 12.7. The van der Waals surface area contributed by atoms with Gasteiger partial charge in [-0.1, -0.05) is 36.4 Å². The largest absolute Gasteiger partial charge is 0.487 e. The zero-order valence-electron chi connectivity index (χ0n) is 15.7. The lowest BCUT2D eigenvalue weighted by atomic mass is 10.1. The first-order valence-electron chi connectivity index (χ1n) is 8.90. The van der Waals surface area contributed by atoms with Gasteiger partial charge in [-0.05, 0) is 48.9 Å². The predicted molar refractivity (Wildman–Crippen MR) is 109 cm³/mol. The molecule has 0 radical (unpaired) electrons. The van der Waals surface area contributed by atoms with E-state index in [0.717, 1.165) is 5.56 Å². The molecule has 2 N–H and O–H groups in total. The van der Waals surface area contributed by atoms with E-state index in [4.69, 9.17) is 9.84 Å². The number of ketones is 1. The molecule has 0 aliphatic rings. The second kappa shape index (κ2) is 8.84. The number of carbonyl (C=O) groups excluding carboxylic acids is 2. The minimum Gasteiger partial charge on any atom is -0.487 e. The number of hydrogen-bond acceptors (Lipinski definition) is 4. The number of benzene rings is 3. The van der Waals surface area contributed by atoms with Gasteiger partial charge >= 0.3 is 5.97 Å². The summed E-state index contributed by atoms with van der Waals surface area (Å²) in [6.45, 7) is 1.72. The van der Waals surface area contributed by atoms with Crippen LogP contribution >= 0.6 is 0 Å². The first-order chi connectivity index (χ1) is 13.9. The fourth-order valence-electron chi connectivity index (χ4n) is 2.70. The van der Waals surface area contributed by atoms with Gasteiger partial charge < -0.3 is 15.2 Å². The van der Waals surface area contributed by atoms with Gasteiger partial charge in [-0.15, -0.1) is 0 Å². The van der Waals surface area contributed by atoms with Crippen molar-refractivity contribution >= 4 is 23.3 Å². The highest BCUT2D eigenvalue weighted by molar-refractivity contribution is 6.07. The first-order valence-corrected chi connectivity index (χ1v) is 8.90. The number of anilines is 1. The molecule has 0 aliphatic carbocycles. The van der Waals surface area contributed by atoms with E-state index in [0.29, 0.717) is 17.0 Å². The molecular formula is C23H19NO5. The van der Waals surface area contributed by atoms with Crippen LogP contribution in [0.15, 0.2) is 72.8 Å². The summed E-state index contributed by atoms with van der Waals surface area (Å²) in [5.41, 5.74) is 1.91. The van der Waals surface area contributed by atoms with Crippen molar-refractivity contribution in [2.75, 3.05) is 5.32 Å². The summed E-state index contributed by atoms with van der Waals surface area (Å²) in [6.07, 6.45) is 0. The lowest BCUT2D eigenvalue weighted by Gasteiger charge is -2.14. The SMILES string of the molecule is CC(=O)c1ccc(OCc2ccccc2)c(NC(=O)c2cccc(C(=O)O)c2)c1. The summed E-state index contributed by atoms with van der Waals surface area (Å²) < 4.78 is 5.84. The first kappa shape index (κ1) is 19.8. The van der Waals surface area contributed by atoms with Crippen molar-refractivity contribution < 1.29 is 24.2 Å². The standard InChI is InChI=1S/C23H19NO5/c1-15(25)17-10-11-21(29-14-16-6-3-2-4-7-16)20(13-17)24-22(26)18-8-5-9-19(12-18)23(27)28/h2-13H,14H2,1H3,(H,24,26)(H,27,28). The highest BCUT2D eigenvalue weighted by atomic mass is 16.5. The fourth-order valence-corrected chi connectivity index (χ4v) is 2.70. The molecular weight excluding hydrogens is 370 g/mol. The number of hydrogen-bond donors (Lipinski definition) is 2. The van der Waals surface area contributed by atoms with Crippen molar-refractivity contribution in [1.29, 1.82) is 0 Å². The van der Waals surface area contributed by atoms with Gasteiger partial charge in [0, 0.05) is 11.1 Å². The average Bonchev–Trinajstić information content (AvgIpc) is 2.73. The molecule has 146 valence electrons. The van der Waals surface area contributed by atoms with Crippen molar-refractivity contribution in [2.45, 2.75) is 13.5 Å². The highest BCUT2D eigenvalue weighted by Crippen LogP contribution is 2.28. The van der Waals surface area contributed by atoms with E-state index in [1.54, 1.807) is 18.2 Å². The average molecular weight is 389 g/mol. The van der Waals surface area contributed by atoms with Gasteiger partial charge in [-0.25, -0.2) is 4.79 Å². The number of carboxylic acids is 1. The Kier molecular flexibility index (Phi) is 6.04. The van der Waals surface area contributed by atoms with Gasteiger partial charge in [-0.2, -0.15) is 0 Å². The van der Waals surface area contributed by atoms with Crippen LogP contribution in [0.25, 0.3) is 0 Å². The van der Waals surface area contributed by atoms with Gasteiger partial charge in [0.1, 0.15) is 12.4 Å². The number of carbonyl (C=O) groups is 3. The van der Waals surface area contributed by atoms with Crippen LogP contribution in [0, 0.1) is 0 Å². The van der Waals surface area contributed by atoms with Crippen molar-refractivity contribution in [2.24, 2.45) is 0 Å². The smallest absolute Gasteiger partial charge is 0.335 e. The van der Waals surface area contributed by atoms with Crippen molar-refractivity contribution in [3.63, 3.8) is 0 Å². The summed E-state index contributed by atoms with van der Waals surface area (Å²) in [6, 6.07) is 20.0. The second-order valence-electron chi connectivity index (χ2n) is 6.38. The Morgan fingerprint density at radius 3 is 2.28 bits per heavy atom. The molecule has 0 heterocycles. The number of nitrogens with one attached hydrogen (secondary N) is 1. The molecule has 0 aliphatic heterocycles. The number of aromatic carboxylic acids is 1. The van der Waals surface area contributed by atoms with E-state index in [-0.39, 0.29) is 23.5 Å². The van der Waals surface area contributed by atoms with Gasteiger partial charge in [0.25, 0.3) is 5.91 Å². The Morgan fingerprint density at radius 1 is 0.862 bits per heavy atom. The van der Waals surface area contributed by atoms with E-state index >= 15 is 0 Å². The summed E-state index contributed by atoms with van der Waals surface area (Å²) in [4.78, 5) is 35.5.